The average molecular weight is 474 g/mol. The van der Waals surface area contributed by atoms with Crippen LogP contribution >= 0.6 is 0 Å². The number of esters is 1. The summed E-state index contributed by atoms with van der Waals surface area (Å²) in [5, 5.41) is 2.14. The molecule has 1 fully saturated rings. The lowest BCUT2D eigenvalue weighted by molar-refractivity contribution is -0.122. The van der Waals surface area contributed by atoms with Crippen molar-refractivity contribution in [1.82, 2.24) is 5.32 Å². The van der Waals surface area contributed by atoms with E-state index >= 15 is 0 Å². The van der Waals surface area contributed by atoms with E-state index < -0.39 is 29.6 Å². The Morgan fingerprint density at radius 3 is 2.37 bits per heavy atom. The minimum absolute atomic E-state index is 0.0653. The van der Waals surface area contributed by atoms with Gasteiger partial charge in [0.2, 0.25) is 0 Å². The number of carbonyl (C=O) groups excluding carboxylic acids is 4. The molecule has 0 unspecified atom stereocenters. The molecule has 0 aromatic heterocycles. The molecule has 1 N–H and O–H groups in total. The van der Waals surface area contributed by atoms with Crippen molar-refractivity contribution in [3.63, 3.8) is 0 Å². The first kappa shape index (κ1) is 23.4. The van der Waals surface area contributed by atoms with Crippen LogP contribution in [0.5, 0.6) is 5.75 Å². The van der Waals surface area contributed by atoms with E-state index in [9.17, 15) is 23.6 Å². The van der Waals surface area contributed by atoms with Crippen molar-refractivity contribution in [2.24, 2.45) is 0 Å². The summed E-state index contributed by atoms with van der Waals surface area (Å²) in [4.78, 5) is 50.6. The van der Waals surface area contributed by atoms with Crippen LogP contribution < -0.4 is 15.0 Å². The van der Waals surface area contributed by atoms with E-state index in [4.69, 9.17) is 4.74 Å². The Morgan fingerprint density at radius 1 is 0.971 bits per heavy atom. The van der Waals surface area contributed by atoms with E-state index in [1.807, 2.05) is 0 Å². The number of anilines is 1. The summed E-state index contributed by atoms with van der Waals surface area (Å²) in [6.45, 7) is -0.0653. The highest BCUT2D eigenvalue weighted by atomic mass is 19.1. The highest BCUT2D eigenvalue weighted by Gasteiger charge is 2.37. The summed E-state index contributed by atoms with van der Waals surface area (Å²) in [6, 6.07) is 17.4. The number of rotatable bonds is 6. The van der Waals surface area contributed by atoms with Gasteiger partial charge in [0.15, 0.2) is 0 Å². The average Bonchev–Trinajstić information content (AvgIpc) is 2.86. The van der Waals surface area contributed by atoms with E-state index in [0.717, 1.165) is 4.90 Å². The maximum absolute atomic E-state index is 13.9. The Labute approximate surface area is 199 Å². The molecule has 0 aliphatic carbocycles. The Kier molecular flexibility index (Phi) is 6.68. The topological polar surface area (TPSA) is 102 Å². The lowest BCUT2D eigenvalue weighted by Gasteiger charge is -2.26. The van der Waals surface area contributed by atoms with Gasteiger partial charge in [0.25, 0.3) is 11.8 Å². The molecule has 0 spiro atoms. The minimum atomic E-state index is -0.924. The number of carbonyl (C=O) groups is 4. The molecule has 3 aromatic rings. The van der Waals surface area contributed by atoms with Crippen LogP contribution in [0.2, 0.25) is 0 Å². The summed E-state index contributed by atoms with van der Waals surface area (Å²) in [5.41, 5.74) is 0.811. The quantitative estimate of drug-likeness (QED) is 0.331. The van der Waals surface area contributed by atoms with E-state index in [1.165, 1.54) is 43.5 Å². The third-order valence-electron chi connectivity index (χ3n) is 5.21. The third kappa shape index (κ3) is 4.93. The number of nitrogens with zero attached hydrogens (tertiary/aromatic N) is 1. The number of amides is 4. The van der Waals surface area contributed by atoms with Crippen LogP contribution in [-0.2, 0) is 20.9 Å². The number of benzene rings is 3. The van der Waals surface area contributed by atoms with Crippen molar-refractivity contribution in [3.8, 4) is 5.75 Å². The van der Waals surface area contributed by atoms with Gasteiger partial charge < -0.3 is 9.47 Å². The molecule has 176 valence electrons. The van der Waals surface area contributed by atoms with Gasteiger partial charge in [0.05, 0.1) is 18.4 Å². The van der Waals surface area contributed by atoms with E-state index in [2.05, 4.69) is 10.1 Å². The number of imide groups is 2. The molecule has 0 atom stereocenters. The third-order valence-corrected chi connectivity index (χ3v) is 5.21. The Balaban J connectivity index is 1.62. The number of urea groups is 1. The van der Waals surface area contributed by atoms with Crippen molar-refractivity contribution >= 4 is 35.6 Å². The molecular formula is C26H19FN2O6. The normalized spacial score (nSPS) is 14.6. The van der Waals surface area contributed by atoms with Gasteiger partial charge in [-0.1, -0.05) is 36.4 Å². The first-order chi connectivity index (χ1) is 16.9. The fourth-order valence-corrected chi connectivity index (χ4v) is 3.41. The predicted molar refractivity (Wildman–Crippen MR) is 124 cm³/mol. The molecule has 3 aromatic carbocycles. The molecule has 8 nitrogen and oxygen atoms in total. The van der Waals surface area contributed by atoms with Crippen LogP contribution in [0.3, 0.4) is 0 Å². The summed E-state index contributed by atoms with van der Waals surface area (Å²) in [5.74, 6) is -2.40. The molecule has 35 heavy (non-hydrogen) atoms. The van der Waals surface area contributed by atoms with Gasteiger partial charge in [-0.2, -0.15) is 0 Å². The van der Waals surface area contributed by atoms with Crippen LogP contribution in [0.4, 0.5) is 14.9 Å². The Bertz CT molecular complexity index is 1350. The zero-order valence-corrected chi connectivity index (χ0v) is 18.5. The monoisotopic (exact) mass is 474 g/mol. The maximum Gasteiger partial charge on any atom is 0.337 e. The van der Waals surface area contributed by atoms with Crippen molar-refractivity contribution in [3.05, 3.63) is 101 Å². The number of hydrogen-bond acceptors (Lipinski definition) is 6. The van der Waals surface area contributed by atoms with Crippen LogP contribution in [0.25, 0.3) is 6.08 Å². The number of ether oxygens (including phenoxy) is 2. The zero-order valence-electron chi connectivity index (χ0n) is 18.5. The van der Waals surface area contributed by atoms with Crippen LogP contribution in [0.1, 0.15) is 21.5 Å². The standard InChI is InChI=1S/C26H19FN2O6/c1-34-25(32)16-10-12-19(13-11-16)29-24(31)20(23(30)28-26(29)33)14-17-6-3-5-9-22(17)35-15-18-7-2-4-8-21(18)27/h2-14H,15H2,1H3,(H,28,30,33)/b20-14-. The molecule has 0 bridgehead atoms. The zero-order chi connectivity index (χ0) is 24.9. The molecular weight excluding hydrogens is 455 g/mol. The van der Waals surface area contributed by atoms with E-state index in [-0.39, 0.29) is 23.4 Å². The fourth-order valence-electron chi connectivity index (χ4n) is 3.41. The molecule has 4 rings (SSSR count). The number of barbiturate groups is 1. The van der Waals surface area contributed by atoms with Crippen molar-refractivity contribution in [2.75, 3.05) is 12.0 Å². The van der Waals surface area contributed by atoms with Crippen LogP contribution in [-0.4, -0.2) is 30.9 Å². The maximum atomic E-state index is 13.9. The van der Waals surface area contributed by atoms with Crippen molar-refractivity contribution in [1.29, 1.82) is 0 Å². The first-order valence-corrected chi connectivity index (χ1v) is 10.4. The molecule has 1 saturated heterocycles. The van der Waals surface area contributed by atoms with Crippen LogP contribution in [0.15, 0.2) is 78.4 Å². The summed E-state index contributed by atoms with van der Waals surface area (Å²) >= 11 is 0. The lowest BCUT2D eigenvalue weighted by atomic mass is 10.1. The van der Waals surface area contributed by atoms with Gasteiger partial charge in [0.1, 0.15) is 23.7 Å². The second-order valence-corrected chi connectivity index (χ2v) is 7.41. The molecule has 1 aliphatic heterocycles. The first-order valence-electron chi connectivity index (χ1n) is 10.4. The second-order valence-electron chi connectivity index (χ2n) is 7.41. The molecule has 1 heterocycles. The predicted octanol–water partition coefficient (Wildman–Crippen LogP) is 3.86. The van der Waals surface area contributed by atoms with Gasteiger partial charge in [-0.25, -0.2) is 18.9 Å². The number of halogens is 1. The van der Waals surface area contributed by atoms with Gasteiger partial charge in [0, 0.05) is 11.1 Å². The van der Waals surface area contributed by atoms with Crippen molar-refractivity contribution < 1.29 is 33.0 Å². The fraction of sp³-hybridized carbons (Fsp3) is 0.0769. The molecule has 0 saturated carbocycles. The number of nitrogens with one attached hydrogen (secondary N) is 1. The van der Waals surface area contributed by atoms with Crippen LogP contribution in [0, 0.1) is 5.82 Å². The summed E-state index contributed by atoms with van der Waals surface area (Å²) < 4.78 is 24.3. The van der Waals surface area contributed by atoms with Gasteiger partial charge in [-0.15, -0.1) is 0 Å². The summed E-state index contributed by atoms with van der Waals surface area (Å²) in [7, 11) is 1.23. The minimum Gasteiger partial charge on any atom is -0.488 e. The Morgan fingerprint density at radius 2 is 1.66 bits per heavy atom. The molecule has 0 radical (unpaired) electrons. The molecule has 4 amide bonds. The summed E-state index contributed by atoms with van der Waals surface area (Å²) in [6.07, 6.45) is 1.30. The van der Waals surface area contributed by atoms with Gasteiger partial charge >= 0.3 is 12.0 Å². The van der Waals surface area contributed by atoms with E-state index in [0.29, 0.717) is 16.9 Å². The molecule has 9 heteroatoms. The van der Waals surface area contributed by atoms with Gasteiger partial charge in [-0.05, 0) is 42.5 Å². The number of methoxy groups -OCH3 is 1. The van der Waals surface area contributed by atoms with Crippen molar-refractivity contribution in [2.45, 2.75) is 6.61 Å². The largest absolute Gasteiger partial charge is 0.488 e. The smallest absolute Gasteiger partial charge is 0.337 e. The number of para-hydroxylation sites is 1. The second kappa shape index (κ2) is 10.0. The number of hydrogen-bond donors (Lipinski definition) is 1. The Hall–Kier alpha value is -4.79. The van der Waals surface area contributed by atoms with E-state index in [1.54, 1.807) is 42.5 Å². The highest BCUT2D eigenvalue weighted by molar-refractivity contribution is 6.39. The molecule has 1 aliphatic rings. The highest BCUT2D eigenvalue weighted by Crippen LogP contribution is 2.26. The van der Waals surface area contributed by atoms with Gasteiger partial charge in [-0.3, -0.25) is 14.9 Å². The lowest BCUT2D eigenvalue weighted by Crippen LogP contribution is -2.54. The SMILES string of the molecule is COC(=O)c1ccc(N2C(=O)NC(=O)/C(=C/c3ccccc3OCc3ccccc3F)C2=O)cc1.